The summed E-state index contributed by atoms with van der Waals surface area (Å²) in [5, 5.41) is 5.90. The van der Waals surface area contributed by atoms with Crippen molar-refractivity contribution in [3.8, 4) is 11.5 Å². The average Bonchev–Trinajstić information content (AvgIpc) is 3.04. The number of hydrogen-bond donors (Lipinski definition) is 2. The molecule has 3 rings (SSSR count). The molecule has 2 atom stereocenters. The lowest BCUT2D eigenvalue weighted by molar-refractivity contribution is -0.132. The Morgan fingerprint density at radius 1 is 1.14 bits per heavy atom. The van der Waals surface area contributed by atoms with Gasteiger partial charge >= 0.3 is 0 Å². The van der Waals surface area contributed by atoms with Gasteiger partial charge in [0.05, 0.1) is 5.92 Å². The molecule has 152 valence electrons. The first-order valence-corrected chi connectivity index (χ1v) is 9.67. The van der Waals surface area contributed by atoms with Crippen molar-refractivity contribution in [2.24, 2.45) is 5.92 Å². The van der Waals surface area contributed by atoms with Crippen LogP contribution in [0.3, 0.4) is 0 Å². The van der Waals surface area contributed by atoms with Crippen molar-refractivity contribution in [1.82, 2.24) is 15.5 Å². The Hall–Kier alpha value is -2.77. The normalized spacial score (nSPS) is 21.0. The molecule has 2 heterocycles. The molecule has 0 saturated carbocycles. The molecule has 0 spiro atoms. The largest absolute Gasteiger partial charge is 0.454 e. The molecule has 1 fully saturated rings. The minimum Gasteiger partial charge on any atom is -0.454 e. The van der Waals surface area contributed by atoms with E-state index in [-0.39, 0.29) is 36.5 Å². The maximum absolute atomic E-state index is 12.7. The number of benzene rings is 1. The molecular weight excluding hydrogens is 362 g/mol. The van der Waals surface area contributed by atoms with E-state index in [1.807, 2.05) is 18.2 Å². The van der Waals surface area contributed by atoms with Gasteiger partial charge in [0.25, 0.3) is 0 Å². The van der Waals surface area contributed by atoms with E-state index in [9.17, 15) is 14.4 Å². The minimum atomic E-state index is -0.304. The summed E-state index contributed by atoms with van der Waals surface area (Å²) in [7, 11) is 0. The number of likely N-dealkylation sites (tertiary alicyclic amines) is 1. The summed E-state index contributed by atoms with van der Waals surface area (Å²) in [6, 6.07) is 5.45. The molecule has 8 heteroatoms. The van der Waals surface area contributed by atoms with Gasteiger partial charge in [0.1, 0.15) is 0 Å². The van der Waals surface area contributed by atoms with Gasteiger partial charge in [-0.1, -0.05) is 13.0 Å². The summed E-state index contributed by atoms with van der Waals surface area (Å²) in [5.74, 6) is 0.854. The number of amides is 3. The number of nitrogens with zero attached hydrogens (tertiary/aromatic N) is 1. The van der Waals surface area contributed by atoms with Gasteiger partial charge in [0, 0.05) is 39.0 Å². The molecule has 0 aliphatic carbocycles. The lowest BCUT2D eigenvalue weighted by Crippen LogP contribution is -2.45. The van der Waals surface area contributed by atoms with E-state index < -0.39 is 0 Å². The Balaban J connectivity index is 1.58. The highest BCUT2D eigenvalue weighted by Crippen LogP contribution is 2.32. The Kier molecular flexibility index (Phi) is 6.38. The molecule has 2 aliphatic rings. The summed E-state index contributed by atoms with van der Waals surface area (Å²) < 4.78 is 10.6. The van der Waals surface area contributed by atoms with Crippen LogP contribution in [0.5, 0.6) is 11.5 Å². The average molecular weight is 389 g/mol. The van der Waals surface area contributed by atoms with Crippen LogP contribution >= 0.6 is 0 Å². The lowest BCUT2D eigenvalue weighted by atomic mass is 10.0. The van der Waals surface area contributed by atoms with Gasteiger partial charge in [-0.05, 0) is 30.5 Å². The van der Waals surface area contributed by atoms with Crippen molar-refractivity contribution >= 4 is 17.7 Å². The number of carbonyl (C=O) groups excluding carboxylic acids is 3. The summed E-state index contributed by atoms with van der Waals surface area (Å²) >= 11 is 0. The summed E-state index contributed by atoms with van der Waals surface area (Å²) in [6.45, 7) is 4.67. The maximum Gasteiger partial charge on any atom is 0.231 e. The number of fused-ring (bicyclic) bond motifs is 1. The van der Waals surface area contributed by atoms with Gasteiger partial charge in [0.2, 0.25) is 24.5 Å². The molecule has 0 aromatic heterocycles. The van der Waals surface area contributed by atoms with Crippen LogP contribution in [-0.4, -0.2) is 48.5 Å². The van der Waals surface area contributed by atoms with Crippen molar-refractivity contribution in [1.29, 1.82) is 0 Å². The zero-order valence-corrected chi connectivity index (χ0v) is 16.3. The SMILES string of the molecule is CCC(=O)N[C@H]1CC[C@@H](C(=O)NCc2ccc3c(c2)OCO3)CN(C(C)=O)C1. The van der Waals surface area contributed by atoms with Crippen LogP contribution in [0.4, 0.5) is 0 Å². The van der Waals surface area contributed by atoms with Crippen molar-refractivity contribution in [2.75, 3.05) is 19.9 Å². The van der Waals surface area contributed by atoms with Crippen LogP contribution < -0.4 is 20.1 Å². The first-order chi connectivity index (χ1) is 13.5. The smallest absolute Gasteiger partial charge is 0.231 e. The number of ether oxygens (including phenoxy) is 2. The van der Waals surface area contributed by atoms with Crippen LogP contribution in [0.1, 0.15) is 38.7 Å². The lowest BCUT2D eigenvalue weighted by Gasteiger charge is -2.25. The van der Waals surface area contributed by atoms with Crippen molar-refractivity contribution < 1.29 is 23.9 Å². The Bertz CT molecular complexity index is 751. The fourth-order valence-corrected chi connectivity index (χ4v) is 3.49. The molecular formula is C20H27N3O5. The first-order valence-electron chi connectivity index (χ1n) is 9.67. The molecule has 1 saturated heterocycles. The highest BCUT2D eigenvalue weighted by Gasteiger charge is 2.30. The van der Waals surface area contributed by atoms with E-state index in [0.29, 0.717) is 50.4 Å². The molecule has 3 amide bonds. The predicted molar refractivity (Wildman–Crippen MR) is 102 cm³/mol. The maximum atomic E-state index is 12.7. The predicted octanol–water partition coefficient (Wildman–Crippen LogP) is 1.18. The molecule has 1 aromatic rings. The minimum absolute atomic E-state index is 0.0424. The first kappa shape index (κ1) is 20.0. The van der Waals surface area contributed by atoms with Crippen molar-refractivity contribution in [3.63, 3.8) is 0 Å². The topological polar surface area (TPSA) is 97.0 Å². The van der Waals surface area contributed by atoms with E-state index in [1.165, 1.54) is 6.92 Å². The van der Waals surface area contributed by atoms with Crippen molar-refractivity contribution in [3.05, 3.63) is 23.8 Å². The van der Waals surface area contributed by atoms with Gasteiger partial charge in [-0.3, -0.25) is 14.4 Å². The van der Waals surface area contributed by atoms with E-state index in [1.54, 1.807) is 11.8 Å². The molecule has 2 aliphatic heterocycles. The summed E-state index contributed by atoms with van der Waals surface area (Å²) in [4.78, 5) is 38.0. The van der Waals surface area contributed by atoms with Gasteiger partial charge in [0.15, 0.2) is 11.5 Å². The van der Waals surface area contributed by atoms with E-state index in [2.05, 4.69) is 10.6 Å². The molecule has 0 radical (unpaired) electrons. The Morgan fingerprint density at radius 3 is 2.68 bits per heavy atom. The zero-order valence-electron chi connectivity index (χ0n) is 16.3. The highest BCUT2D eigenvalue weighted by molar-refractivity contribution is 5.81. The van der Waals surface area contributed by atoms with E-state index >= 15 is 0 Å². The van der Waals surface area contributed by atoms with Gasteiger partial charge < -0.3 is 25.0 Å². The quantitative estimate of drug-likeness (QED) is 0.788. The fourth-order valence-electron chi connectivity index (χ4n) is 3.49. The van der Waals surface area contributed by atoms with Crippen LogP contribution in [-0.2, 0) is 20.9 Å². The van der Waals surface area contributed by atoms with Gasteiger partial charge in [-0.15, -0.1) is 0 Å². The van der Waals surface area contributed by atoms with Crippen LogP contribution in [0.15, 0.2) is 18.2 Å². The second-order valence-electron chi connectivity index (χ2n) is 7.22. The monoisotopic (exact) mass is 389 g/mol. The zero-order chi connectivity index (χ0) is 20.1. The Labute approximate surface area is 164 Å². The second-order valence-corrected chi connectivity index (χ2v) is 7.22. The molecule has 0 unspecified atom stereocenters. The third-order valence-electron chi connectivity index (χ3n) is 5.15. The number of nitrogens with one attached hydrogen (secondary N) is 2. The Morgan fingerprint density at radius 2 is 1.93 bits per heavy atom. The molecule has 1 aromatic carbocycles. The molecule has 2 N–H and O–H groups in total. The summed E-state index contributed by atoms with van der Waals surface area (Å²) in [5.41, 5.74) is 0.919. The van der Waals surface area contributed by atoms with Gasteiger partial charge in [-0.25, -0.2) is 0 Å². The van der Waals surface area contributed by atoms with Crippen LogP contribution in [0.2, 0.25) is 0 Å². The van der Waals surface area contributed by atoms with Crippen LogP contribution in [0, 0.1) is 5.92 Å². The number of hydrogen-bond acceptors (Lipinski definition) is 5. The standard InChI is InChI=1S/C20H27N3O5/c1-3-19(25)22-16-6-5-15(10-23(11-16)13(2)24)20(26)21-9-14-4-7-17-18(8-14)28-12-27-17/h4,7-8,15-16H,3,5-6,9-12H2,1-2H3,(H,21,26)(H,22,25)/t15-,16+/m1/s1. The number of rotatable bonds is 5. The molecule has 0 bridgehead atoms. The van der Waals surface area contributed by atoms with Crippen molar-refractivity contribution in [2.45, 2.75) is 45.7 Å². The second kappa shape index (κ2) is 8.95. The highest BCUT2D eigenvalue weighted by atomic mass is 16.7. The third kappa shape index (κ3) is 4.94. The van der Waals surface area contributed by atoms with E-state index in [4.69, 9.17) is 9.47 Å². The molecule has 8 nitrogen and oxygen atoms in total. The number of carbonyl (C=O) groups is 3. The van der Waals surface area contributed by atoms with Gasteiger partial charge in [-0.2, -0.15) is 0 Å². The fraction of sp³-hybridized carbons (Fsp3) is 0.550. The third-order valence-corrected chi connectivity index (χ3v) is 5.15. The summed E-state index contributed by atoms with van der Waals surface area (Å²) in [6.07, 6.45) is 1.68. The molecule has 28 heavy (non-hydrogen) atoms. The van der Waals surface area contributed by atoms with Crippen LogP contribution in [0.25, 0.3) is 0 Å². The van der Waals surface area contributed by atoms with E-state index in [0.717, 1.165) is 5.56 Å².